The second-order valence-corrected chi connectivity index (χ2v) is 9.98. The molecule has 3 aromatic heterocycles. The summed E-state index contributed by atoms with van der Waals surface area (Å²) < 4.78 is 30.4. The predicted molar refractivity (Wildman–Crippen MR) is 127 cm³/mol. The van der Waals surface area contributed by atoms with Gasteiger partial charge >= 0.3 is 0 Å². The largest absolute Gasteiger partial charge is 0.345 e. The fourth-order valence-corrected chi connectivity index (χ4v) is 6.12. The first kappa shape index (κ1) is 21.5. The highest BCUT2D eigenvalue weighted by Crippen LogP contribution is 2.44. The Balaban J connectivity index is 1.46. The SMILES string of the molecule is Cn1cc2c(Cl)c(-c3c[nH]c4nc(N5[C@@H]6CC[C@H]5C[C@](N)(C(F)F)C6)n(C)c(=O)c34)ccc2n1. The topological polar surface area (TPSA) is 97.8 Å². The van der Waals surface area contributed by atoms with E-state index in [1.165, 1.54) is 4.57 Å². The lowest BCUT2D eigenvalue weighted by atomic mass is 9.84. The summed E-state index contributed by atoms with van der Waals surface area (Å²) in [5.41, 5.74) is 6.91. The molecule has 2 aliphatic heterocycles. The number of anilines is 1. The Hall–Kier alpha value is -2.98. The highest BCUT2D eigenvalue weighted by molar-refractivity contribution is 6.38. The Kier molecular flexibility index (Phi) is 4.60. The van der Waals surface area contributed by atoms with E-state index < -0.39 is 12.0 Å². The highest BCUT2D eigenvalue weighted by atomic mass is 35.5. The van der Waals surface area contributed by atoms with E-state index in [1.807, 2.05) is 30.3 Å². The van der Waals surface area contributed by atoms with Gasteiger partial charge in [0.15, 0.2) is 0 Å². The molecule has 0 saturated carbocycles. The number of aryl methyl sites for hydroxylation is 1. The summed E-state index contributed by atoms with van der Waals surface area (Å²) in [5.74, 6) is 0.475. The van der Waals surface area contributed by atoms with Crippen LogP contribution in [0.1, 0.15) is 25.7 Å². The van der Waals surface area contributed by atoms with Crippen molar-refractivity contribution in [2.45, 2.75) is 49.7 Å². The van der Waals surface area contributed by atoms with E-state index >= 15 is 0 Å². The van der Waals surface area contributed by atoms with Crippen molar-refractivity contribution in [2.24, 2.45) is 19.8 Å². The molecule has 2 aliphatic rings. The molecule has 0 amide bonds. The van der Waals surface area contributed by atoms with Gasteiger partial charge in [-0.05, 0) is 31.7 Å². The maximum absolute atomic E-state index is 13.6. The molecule has 0 radical (unpaired) electrons. The fraction of sp³-hybridized carbons (Fsp3) is 0.435. The third-order valence-corrected chi connectivity index (χ3v) is 7.84. The first-order chi connectivity index (χ1) is 16.2. The molecular formula is C23H24ClF2N7O. The highest BCUT2D eigenvalue weighted by Gasteiger charge is 2.51. The summed E-state index contributed by atoms with van der Waals surface area (Å²) in [4.78, 5) is 23.5. The summed E-state index contributed by atoms with van der Waals surface area (Å²) in [6, 6.07) is 3.37. The van der Waals surface area contributed by atoms with Crippen molar-refractivity contribution in [1.29, 1.82) is 0 Å². The molecule has 4 aromatic rings. The van der Waals surface area contributed by atoms with E-state index in [0.717, 1.165) is 23.7 Å². The number of alkyl halides is 2. The van der Waals surface area contributed by atoms with Gasteiger partial charge in [-0.25, -0.2) is 8.78 Å². The van der Waals surface area contributed by atoms with Crippen molar-refractivity contribution in [2.75, 3.05) is 4.90 Å². The first-order valence-corrected chi connectivity index (χ1v) is 11.6. The number of piperidine rings is 1. The van der Waals surface area contributed by atoms with Crippen LogP contribution >= 0.6 is 11.6 Å². The number of rotatable bonds is 3. The molecule has 0 spiro atoms. The molecule has 2 fully saturated rings. The predicted octanol–water partition coefficient (Wildman–Crippen LogP) is 3.56. The Labute approximate surface area is 198 Å². The third-order valence-electron chi connectivity index (χ3n) is 7.43. The molecule has 6 rings (SSSR count). The number of aromatic amines is 1. The Bertz CT molecular complexity index is 1490. The van der Waals surface area contributed by atoms with Gasteiger partial charge in [0.05, 0.1) is 21.5 Å². The third kappa shape index (κ3) is 2.94. The molecule has 5 heterocycles. The van der Waals surface area contributed by atoms with E-state index in [9.17, 15) is 13.6 Å². The van der Waals surface area contributed by atoms with E-state index in [-0.39, 0.29) is 30.5 Å². The molecule has 0 aliphatic carbocycles. The van der Waals surface area contributed by atoms with Crippen LogP contribution in [0.15, 0.2) is 29.3 Å². The van der Waals surface area contributed by atoms with Crippen molar-refractivity contribution < 1.29 is 8.78 Å². The van der Waals surface area contributed by atoms with Crippen molar-refractivity contribution in [3.05, 3.63) is 39.9 Å². The summed E-state index contributed by atoms with van der Waals surface area (Å²) in [6.45, 7) is 0. The van der Waals surface area contributed by atoms with Crippen molar-refractivity contribution >= 4 is 39.5 Å². The maximum Gasteiger partial charge on any atom is 0.264 e. The lowest BCUT2D eigenvalue weighted by Gasteiger charge is -2.44. The molecule has 34 heavy (non-hydrogen) atoms. The van der Waals surface area contributed by atoms with Gasteiger partial charge in [-0.15, -0.1) is 0 Å². The minimum atomic E-state index is -2.58. The van der Waals surface area contributed by atoms with Crippen molar-refractivity contribution in [1.82, 2.24) is 24.3 Å². The molecule has 1 aromatic carbocycles. The summed E-state index contributed by atoms with van der Waals surface area (Å²) >= 11 is 6.71. The van der Waals surface area contributed by atoms with E-state index in [2.05, 4.69) is 10.1 Å². The zero-order chi connectivity index (χ0) is 23.9. The van der Waals surface area contributed by atoms with E-state index in [4.69, 9.17) is 22.3 Å². The van der Waals surface area contributed by atoms with Crippen LogP contribution in [-0.2, 0) is 14.1 Å². The van der Waals surface area contributed by atoms with Gasteiger partial charge in [-0.3, -0.25) is 14.0 Å². The fourth-order valence-electron chi connectivity index (χ4n) is 5.81. The maximum atomic E-state index is 13.6. The van der Waals surface area contributed by atoms with Crippen LogP contribution in [0.25, 0.3) is 33.1 Å². The number of H-pyrrole nitrogens is 1. The molecule has 2 saturated heterocycles. The second-order valence-electron chi connectivity index (χ2n) is 9.60. The van der Waals surface area contributed by atoms with Gasteiger partial charge in [0.1, 0.15) is 5.65 Å². The van der Waals surface area contributed by atoms with Crippen LogP contribution in [0.3, 0.4) is 0 Å². The number of benzene rings is 1. The van der Waals surface area contributed by atoms with Crippen molar-refractivity contribution in [3.63, 3.8) is 0 Å². The number of hydrogen-bond acceptors (Lipinski definition) is 5. The van der Waals surface area contributed by atoms with Crippen LogP contribution in [0.4, 0.5) is 14.7 Å². The lowest BCUT2D eigenvalue weighted by molar-refractivity contribution is 0.0294. The molecule has 2 bridgehead atoms. The number of nitrogens with two attached hydrogens (primary N) is 1. The molecule has 3 N–H and O–H groups in total. The van der Waals surface area contributed by atoms with Crippen molar-refractivity contribution in [3.8, 4) is 11.1 Å². The smallest absolute Gasteiger partial charge is 0.264 e. The molecule has 3 atom stereocenters. The quantitative estimate of drug-likeness (QED) is 0.460. The van der Waals surface area contributed by atoms with Crippen LogP contribution < -0.4 is 16.2 Å². The normalized spacial score (nSPS) is 24.7. The standard InChI is InChI=1S/C23H24ClF2N7O/c1-31-10-15-16(30-31)6-5-13(18(15)24)14-9-28-19-17(14)20(34)32(2)22(29-19)33-11-3-4-12(33)8-23(27,7-11)21(25)26/h5-6,9-12,21,28H,3-4,7-8,27H2,1-2H3/t11-,12+,23+. The van der Waals surface area contributed by atoms with Gasteiger partial charge < -0.3 is 15.6 Å². The number of aromatic nitrogens is 5. The minimum absolute atomic E-state index is 0.172. The molecule has 8 nitrogen and oxygen atoms in total. The van der Waals surface area contributed by atoms with Crippen LogP contribution in [0.5, 0.6) is 0 Å². The van der Waals surface area contributed by atoms with E-state index in [1.54, 1.807) is 17.9 Å². The average Bonchev–Trinajstić information content (AvgIpc) is 3.45. The minimum Gasteiger partial charge on any atom is -0.345 e. The summed E-state index contributed by atoms with van der Waals surface area (Å²) in [7, 11) is 3.50. The molecular weight excluding hydrogens is 464 g/mol. The Morgan fingerprint density at radius 1 is 1.21 bits per heavy atom. The van der Waals surface area contributed by atoms with Gasteiger partial charge in [-0.1, -0.05) is 17.7 Å². The summed E-state index contributed by atoms with van der Waals surface area (Å²) in [5, 5.41) is 6.12. The molecule has 178 valence electrons. The van der Waals surface area contributed by atoms with Gasteiger partial charge in [-0.2, -0.15) is 10.1 Å². The van der Waals surface area contributed by atoms with Crippen LogP contribution in [-0.4, -0.2) is 48.4 Å². The Morgan fingerprint density at radius 2 is 1.91 bits per heavy atom. The second kappa shape index (κ2) is 7.26. The zero-order valence-corrected chi connectivity index (χ0v) is 19.5. The average molecular weight is 488 g/mol. The number of nitrogens with one attached hydrogen (secondary N) is 1. The van der Waals surface area contributed by atoms with Gasteiger partial charge in [0.25, 0.3) is 12.0 Å². The molecule has 11 heteroatoms. The van der Waals surface area contributed by atoms with Crippen LogP contribution in [0, 0.1) is 0 Å². The van der Waals surface area contributed by atoms with Gasteiger partial charge in [0.2, 0.25) is 5.95 Å². The first-order valence-electron chi connectivity index (χ1n) is 11.2. The Morgan fingerprint density at radius 3 is 2.59 bits per heavy atom. The number of hydrogen-bond donors (Lipinski definition) is 2. The number of nitrogens with zero attached hydrogens (tertiary/aromatic N) is 5. The van der Waals surface area contributed by atoms with Gasteiger partial charge in [0, 0.05) is 55.1 Å². The zero-order valence-electron chi connectivity index (χ0n) is 18.7. The number of halogens is 3. The monoisotopic (exact) mass is 487 g/mol. The number of fused-ring (bicyclic) bond motifs is 4. The molecule has 0 unspecified atom stereocenters. The lowest BCUT2D eigenvalue weighted by Crippen LogP contribution is -2.60. The van der Waals surface area contributed by atoms with E-state index in [0.29, 0.717) is 33.1 Å². The van der Waals surface area contributed by atoms with Crippen LogP contribution in [0.2, 0.25) is 5.02 Å². The summed E-state index contributed by atoms with van der Waals surface area (Å²) in [6.07, 6.45) is 2.84.